The van der Waals surface area contributed by atoms with Gasteiger partial charge in [0, 0.05) is 24.0 Å². The van der Waals surface area contributed by atoms with Gasteiger partial charge in [0.05, 0.1) is 11.6 Å². The third kappa shape index (κ3) is 2.94. The SMILES string of the molecule is Cc1ccccc1NC(=O)[C@H]1CC(=O)N(c2cccc3ccccc23)C1. The normalized spacial score (nSPS) is 16.9. The van der Waals surface area contributed by atoms with Crippen LogP contribution in [0.15, 0.2) is 66.7 Å². The highest BCUT2D eigenvalue weighted by atomic mass is 16.2. The summed E-state index contributed by atoms with van der Waals surface area (Å²) in [6, 6.07) is 21.6. The molecule has 1 N–H and O–H groups in total. The highest BCUT2D eigenvalue weighted by molar-refractivity contribution is 6.08. The molecular weight excluding hydrogens is 324 g/mol. The smallest absolute Gasteiger partial charge is 0.229 e. The van der Waals surface area contributed by atoms with Crippen LogP contribution in [-0.2, 0) is 9.59 Å². The van der Waals surface area contributed by atoms with E-state index in [-0.39, 0.29) is 24.2 Å². The van der Waals surface area contributed by atoms with Crippen LogP contribution in [0.5, 0.6) is 0 Å². The molecule has 0 aromatic heterocycles. The van der Waals surface area contributed by atoms with Gasteiger partial charge < -0.3 is 10.2 Å². The number of rotatable bonds is 3. The molecule has 4 rings (SSSR count). The second kappa shape index (κ2) is 6.64. The van der Waals surface area contributed by atoms with Crippen molar-refractivity contribution < 1.29 is 9.59 Å². The molecule has 0 unspecified atom stereocenters. The molecule has 2 amide bonds. The van der Waals surface area contributed by atoms with Crippen LogP contribution < -0.4 is 10.2 Å². The van der Waals surface area contributed by atoms with Crippen molar-refractivity contribution >= 4 is 34.0 Å². The average molecular weight is 344 g/mol. The average Bonchev–Trinajstić information content (AvgIpc) is 3.05. The highest BCUT2D eigenvalue weighted by Gasteiger charge is 2.35. The van der Waals surface area contributed by atoms with E-state index in [0.717, 1.165) is 27.7 Å². The quantitative estimate of drug-likeness (QED) is 0.776. The van der Waals surface area contributed by atoms with E-state index in [2.05, 4.69) is 5.32 Å². The summed E-state index contributed by atoms with van der Waals surface area (Å²) in [5, 5.41) is 5.08. The fraction of sp³-hybridized carbons (Fsp3) is 0.182. The van der Waals surface area contributed by atoms with Crippen LogP contribution in [0, 0.1) is 12.8 Å². The Balaban J connectivity index is 1.57. The van der Waals surface area contributed by atoms with Gasteiger partial charge in [-0.1, -0.05) is 54.6 Å². The number of aryl methyl sites for hydroxylation is 1. The van der Waals surface area contributed by atoms with Crippen LogP contribution >= 0.6 is 0 Å². The van der Waals surface area contributed by atoms with Gasteiger partial charge in [-0.05, 0) is 30.0 Å². The number of hydrogen-bond donors (Lipinski definition) is 1. The molecule has 0 saturated carbocycles. The Morgan fingerprint density at radius 2 is 1.73 bits per heavy atom. The molecule has 0 spiro atoms. The maximum absolute atomic E-state index is 12.7. The van der Waals surface area contributed by atoms with Gasteiger partial charge in [0.2, 0.25) is 11.8 Å². The van der Waals surface area contributed by atoms with E-state index in [1.54, 1.807) is 4.90 Å². The van der Waals surface area contributed by atoms with E-state index in [4.69, 9.17) is 0 Å². The zero-order chi connectivity index (χ0) is 18.1. The van der Waals surface area contributed by atoms with Gasteiger partial charge in [0.25, 0.3) is 0 Å². The zero-order valence-corrected chi connectivity index (χ0v) is 14.6. The van der Waals surface area contributed by atoms with Crippen LogP contribution in [0.1, 0.15) is 12.0 Å². The van der Waals surface area contributed by atoms with Gasteiger partial charge in [0.15, 0.2) is 0 Å². The standard InChI is InChI=1S/C22H20N2O2/c1-15-7-2-5-11-19(15)23-22(26)17-13-21(25)24(14-17)20-12-6-9-16-8-3-4-10-18(16)20/h2-12,17H,13-14H2,1H3,(H,23,26)/t17-/m0/s1. The van der Waals surface area contributed by atoms with Crippen molar-refractivity contribution in [3.8, 4) is 0 Å². The summed E-state index contributed by atoms with van der Waals surface area (Å²) in [6.07, 6.45) is 0.237. The molecule has 3 aromatic carbocycles. The summed E-state index contributed by atoms with van der Waals surface area (Å²) in [4.78, 5) is 27.0. The maximum atomic E-state index is 12.7. The van der Waals surface area contributed by atoms with E-state index < -0.39 is 0 Å². The van der Waals surface area contributed by atoms with Crippen molar-refractivity contribution in [3.63, 3.8) is 0 Å². The van der Waals surface area contributed by atoms with E-state index in [1.165, 1.54) is 0 Å². The lowest BCUT2D eigenvalue weighted by molar-refractivity contribution is -0.122. The maximum Gasteiger partial charge on any atom is 0.229 e. The van der Waals surface area contributed by atoms with Gasteiger partial charge in [-0.25, -0.2) is 0 Å². The second-order valence-corrected chi connectivity index (χ2v) is 6.71. The monoisotopic (exact) mass is 344 g/mol. The summed E-state index contributed by atoms with van der Waals surface area (Å²) in [5.41, 5.74) is 2.68. The zero-order valence-electron chi connectivity index (χ0n) is 14.6. The summed E-state index contributed by atoms with van der Waals surface area (Å²) >= 11 is 0. The fourth-order valence-electron chi connectivity index (χ4n) is 3.51. The number of benzene rings is 3. The molecule has 0 radical (unpaired) electrons. The third-order valence-corrected chi connectivity index (χ3v) is 4.96. The molecule has 1 saturated heterocycles. The first-order valence-corrected chi connectivity index (χ1v) is 8.78. The van der Waals surface area contributed by atoms with Crippen LogP contribution in [-0.4, -0.2) is 18.4 Å². The van der Waals surface area contributed by atoms with Gasteiger partial charge in [-0.3, -0.25) is 9.59 Å². The van der Waals surface area contributed by atoms with Gasteiger partial charge >= 0.3 is 0 Å². The molecule has 1 heterocycles. The van der Waals surface area contributed by atoms with Crippen molar-refractivity contribution in [1.29, 1.82) is 0 Å². The molecule has 1 aliphatic rings. The number of carbonyl (C=O) groups excluding carboxylic acids is 2. The van der Waals surface area contributed by atoms with E-state index in [1.807, 2.05) is 73.7 Å². The molecule has 1 fully saturated rings. The topological polar surface area (TPSA) is 49.4 Å². The van der Waals surface area contributed by atoms with Gasteiger partial charge in [-0.15, -0.1) is 0 Å². The molecule has 130 valence electrons. The number of fused-ring (bicyclic) bond motifs is 1. The number of para-hydroxylation sites is 1. The van der Waals surface area contributed by atoms with Crippen molar-refractivity contribution in [1.82, 2.24) is 0 Å². The van der Waals surface area contributed by atoms with Crippen molar-refractivity contribution in [3.05, 3.63) is 72.3 Å². The number of amides is 2. The number of nitrogens with one attached hydrogen (secondary N) is 1. The minimum Gasteiger partial charge on any atom is -0.326 e. The molecule has 3 aromatic rings. The van der Waals surface area contributed by atoms with E-state index in [9.17, 15) is 9.59 Å². The largest absolute Gasteiger partial charge is 0.326 e. The third-order valence-electron chi connectivity index (χ3n) is 4.96. The van der Waals surface area contributed by atoms with Crippen LogP contribution in [0.2, 0.25) is 0 Å². The molecule has 0 bridgehead atoms. The Morgan fingerprint density at radius 1 is 1.00 bits per heavy atom. The van der Waals surface area contributed by atoms with Crippen molar-refractivity contribution in [2.45, 2.75) is 13.3 Å². The van der Waals surface area contributed by atoms with Crippen molar-refractivity contribution in [2.75, 3.05) is 16.8 Å². The molecule has 1 aliphatic heterocycles. The lowest BCUT2D eigenvalue weighted by Gasteiger charge is -2.19. The first kappa shape index (κ1) is 16.3. The predicted molar refractivity (Wildman–Crippen MR) is 104 cm³/mol. The molecule has 1 atom stereocenters. The number of hydrogen-bond acceptors (Lipinski definition) is 2. The molecular formula is C22H20N2O2. The summed E-state index contributed by atoms with van der Waals surface area (Å²) in [5.74, 6) is -0.456. The van der Waals surface area contributed by atoms with Crippen molar-refractivity contribution in [2.24, 2.45) is 5.92 Å². The highest BCUT2D eigenvalue weighted by Crippen LogP contribution is 2.32. The second-order valence-electron chi connectivity index (χ2n) is 6.71. The minimum atomic E-state index is -0.346. The lowest BCUT2D eigenvalue weighted by atomic mass is 10.1. The van der Waals surface area contributed by atoms with Crippen LogP contribution in [0.4, 0.5) is 11.4 Å². The summed E-state index contributed by atoms with van der Waals surface area (Å²) < 4.78 is 0. The van der Waals surface area contributed by atoms with E-state index in [0.29, 0.717) is 6.54 Å². The Morgan fingerprint density at radius 3 is 2.58 bits per heavy atom. The Bertz CT molecular complexity index is 991. The fourth-order valence-corrected chi connectivity index (χ4v) is 3.51. The molecule has 26 heavy (non-hydrogen) atoms. The van der Waals surface area contributed by atoms with E-state index >= 15 is 0 Å². The summed E-state index contributed by atoms with van der Waals surface area (Å²) in [6.45, 7) is 2.36. The molecule has 4 nitrogen and oxygen atoms in total. The Hall–Kier alpha value is -3.14. The number of anilines is 2. The lowest BCUT2D eigenvalue weighted by Crippen LogP contribution is -2.28. The first-order valence-electron chi connectivity index (χ1n) is 8.78. The van der Waals surface area contributed by atoms with Crippen LogP contribution in [0.25, 0.3) is 10.8 Å². The molecule has 4 heteroatoms. The first-order chi connectivity index (χ1) is 12.6. The predicted octanol–water partition coefficient (Wildman–Crippen LogP) is 4.14. The Kier molecular flexibility index (Phi) is 4.17. The minimum absolute atomic E-state index is 0.00807. The van der Waals surface area contributed by atoms with Crippen LogP contribution in [0.3, 0.4) is 0 Å². The summed E-state index contributed by atoms with van der Waals surface area (Å²) in [7, 11) is 0. The number of nitrogens with zero attached hydrogens (tertiary/aromatic N) is 1. The van der Waals surface area contributed by atoms with Gasteiger partial charge in [0.1, 0.15) is 0 Å². The molecule has 0 aliphatic carbocycles. The Labute approximate surface area is 152 Å². The number of carbonyl (C=O) groups is 2. The van der Waals surface area contributed by atoms with Gasteiger partial charge in [-0.2, -0.15) is 0 Å².